The Morgan fingerprint density at radius 3 is 2.89 bits per heavy atom. The van der Waals surface area contributed by atoms with Crippen LogP contribution in [0.5, 0.6) is 0 Å². The minimum absolute atomic E-state index is 0.0439. The Balaban J connectivity index is 2.06. The fraction of sp³-hybridized carbons (Fsp3) is 0.533. The summed E-state index contributed by atoms with van der Waals surface area (Å²) >= 11 is 0. The second kappa shape index (κ2) is 5.61. The molecule has 19 heavy (non-hydrogen) atoms. The number of hydrogen-bond acceptors (Lipinski definition) is 3. The Labute approximate surface area is 115 Å². The molecule has 0 saturated carbocycles. The van der Waals surface area contributed by atoms with E-state index < -0.39 is 0 Å². The fourth-order valence-corrected chi connectivity index (χ4v) is 2.71. The zero-order chi connectivity index (χ0) is 14.0. The number of likely N-dealkylation sites (tertiary alicyclic amines) is 1. The number of benzene rings is 1. The number of carbonyl (C=O) groups is 1. The summed E-state index contributed by atoms with van der Waals surface area (Å²) in [6, 6.07) is 5.99. The third-order valence-corrected chi connectivity index (χ3v) is 4.11. The molecular formula is C15H23N3O. The molecule has 0 aromatic heterocycles. The molecule has 1 aromatic rings. The molecule has 2 unspecified atom stereocenters. The molecule has 1 saturated heterocycles. The Bertz CT molecular complexity index is 472. The van der Waals surface area contributed by atoms with Crippen molar-refractivity contribution in [3.8, 4) is 0 Å². The van der Waals surface area contributed by atoms with Crippen LogP contribution in [0.25, 0.3) is 0 Å². The van der Waals surface area contributed by atoms with Gasteiger partial charge < -0.3 is 11.1 Å². The molecule has 0 bridgehead atoms. The summed E-state index contributed by atoms with van der Waals surface area (Å²) in [5, 5.41) is 2.99. The number of carbonyl (C=O) groups excluding carboxylic acids is 1. The van der Waals surface area contributed by atoms with Gasteiger partial charge in [-0.25, -0.2) is 0 Å². The lowest BCUT2D eigenvalue weighted by atomic mass is 10.1. The molecule has 1 aliphatic rings. The van der Waals surface area contributed by atoms with Gasteiger partial charge in [-0.1, -0.05) is 6.07 Å². The smallest absolute Gasteiger partial charge is 0.241 e. The molecule has 0 radical (unpaired) electrons. The van der Waals surface area contributed by atoms with E-state index >= 15 is 0 Å². The van der Waals surface area contributed by atoms with E-state index in [0.717, 1.165) is 17.8 Å². The highest BCUT2D eigenvalue weighted by molar-refractivity contribution is 5.95. The van der Waals surface area contributed by atoms with E-state index in [0.29, 0.717) is 11.7 Å². The Morgan fingerprint density at radius 1 is 1.53 bits per heavy atom. The fourth-order valence-electron chi connectivity index (χ4n) is 2.71. The van der Waals surface area contributed by atoms with Crippen molar-refractivity contribution in [2.75, 3.05) is 17.6 Å². The highest BCUT2D eigenvalue weighted by atomic mass is 16.2. The molecule has 4 heteroatoms. The molecule has 1 amide bonds. The van der Waals surface area contributed by atoms with Crippen LogP contribution < -0.4 is 11.1 Å². The van der Waals surface area contributed by atoms with Gasteiger partial charge in [0.25, 0.3) is 0 Å². The van der Waals surface area contributed by atoms with Gasteiger partial charge in [-0.3, -0.25) is 9.69 Å². The summed E-state index contributed by atoms with van der Waals surface area (Å²) in [7, 11) is 0. The van der Waals surface area contributed by atoms with Gasteiger partial charge >= 0.3 is 0 Å². The maximum atomic E-state index is 12.3. The van der Waals surface area contributed by atoms with Crippen LogP contribution in [-0.2, 0) is 4.79 Å². The number of anilines is 2. The number of rotatable bonds is 3. The molecule has 2 rings (SSSR count). The third kappa shape index (κ3) is 2.89. The molecule has 2 atom stereocenters. The zero-order valence-electron chi connectivity index (χ0n) is 11.9. The monoisotopic (exact) mass is 261 g/mol. The van der Waals surface area contributed by atoms with Crippen molar-refractivity contribution < 1.29 is 4.79 Å². The predicted octanol–water partition coefficient (Wildman–Crippen LogP) is 2.39. The van der Waals surface area contributed by atoms with E-state index in [-0.39, 0.29) is 11.9 Å². The summed E-state index contributed by atoms with van der Waals surface area (Å²) in [4.78, 5) is 14.6. The van der Waals surface area contributed by atoms with Crippen molar-refractivity contribution >= 4 is 17.3 Å². The Morgan fingerprint density at radius 2 is 2.26 bits per heavy atom. The van der Waals surface area contributed by atoms with Crippen LogP contribution in [0.1, 0.15) is 32.3 Å². The molecule has 4 nitrogen and oxygen atoms in total. The number of nitrogens with zero attached hydrogens (tertiary/aromatic N) is 1. The van der Waals surface area contributed by atoms with E-state index in [2.05, 4.69) is 17.1 Å². The van der Waals surface area contributed by atoms with Crippen molar-refractivity contribution in [2.24, 2.45) is 0 Å². The van der Waals surface area contributed by atoms with Gasteiger partial charge in [0.05, 0.1) is 6.04 Å². The highest BCUT2D eigenvalue weighted by Gasteiger charge is 2.29. The van der Waals surface area contributed by atoms with Crippen LogP contribution in [0.2, 0.25) is 0 Å². The van der Waals surface area contributed by atoms with Gasteiger partial charge in [0.15, 0.2) is 0 Å². The zero-order valence-corrected chi connectivity index (χ0v) is 11.9. The molecule has 1 heterocycles. The normalized spacial score (nSPS) is 21.3. The van der Waals surface area contributed by atoms with Crippen molar-refractivity contribution in [3.05, 3.63) is 23.8 Å². The maximum absolute atomic E-state index is 12.3. The van der Waals surface area contributed by atoms with E-state index in [1.807, 2.05) is 32.0 Å². The van der Waals surface area contributed by atoms with E-state index in [1.54, 1.807) is 0 Å². The van der Waals surface area contributed by atoms with Crippen molar-refractivity contribution in [2.45, 2.75) is 45.7 Å². The van der Waals surface area contributed by atoms with Crippen molar-refractivity contribution in [1.82, 2.24) is 4.90 Å². The van der Waals surface area contributed by atoms with Crippen molar-refractivity contribution in [3.63, 3.8) is 0 Å². The number of nitrogen functional groups attached to an aromatic ring is 1. The van der Waals surface area contributed by atoms with Crippen LogP contribution in [0, 0.1) is 6.92 Å². The first kappa shape index (κ1) is 13.9. The van der Waals surface area contributed by atoms with Gasteiger partial charge in [0.1, 0.15) is 0 Å². The standard InChI is InChI=1S/C15H23N3O/c1-10-6-5-9-18(10)12(3)15(19)17-14-8-4-7-13(16)11(14)2/h4,7-8,10,12H,5-6,9,16H2,1-3H3,(H,17,19). The van der Waals surface area contributed by atoms with Gasteiger partial charge in [0, 0.05) is 17.4 Å². The van der Waals surface area contributed by atoms with Crippen LogP contribution in [0.4, 0.5) is 11.4 Å². The Hall–Kier alpha value is -1.55. The molecular weight excluding hydrogens is 238 g/mol. The first-order valence-electron chi connectivity index (χ1n) is 6.92. The summed E-state index contributed by atoms with van der Waals surface area (Å²) in [6.07, 6.45) is 2.35. The van der Waals surface area contributed by atoms with Gasteiger partial charge in [0.2, 0.25) is 5.91 Å². The van der Waals surface area contributed by atoms with Gasteiger partial charge in [-0.05, 0) is 57.9 Å². The first-order valence-corrected chi connectivity index (χ1v) is 6.92. The maximum Gasteiger partial charge on any atom is 0.241 e. The second-order valence-electron chi connectivity index (χ2n) is 5.41. The average molecular weight is 261 g/mol. The number of nitrogens with one attached hydrogen (secondary N) is 1. The average Bonchev–Trinajstić information content (AvgIpc) is 2.80. The summed E-state index contributed by atoms with van der Waals surface area (Å²) in [5.41, 5.74) is 8.30. The molecule has 104 valence electrons. The van der Waals surface area contributed by atoms with E-state index in [4.69, 9.17) is 5.73 Å². The quantitative estimate of drug-likeness (QED) is 0.821. The van der Waals surface area contributed by atoms with Gasteiger partial charge in [-0.2, -0.15) is 0 Å². The Kier molecular flexibility index (Phi) is 4.10. The summed E-state index contributed by atoms with van der Waals surface area (Å²) in [6.45, 7) is 7.08. The molecule has 1 aromatic carbocycles. The number of hydrogen-bond donors (Lipinski definition) is 2. The minimum atomic E-state index is -0.0988. The minimum Gasteiger partial charge on any atom is -0.398 e. The molecule has 0 spiro atoms. The van der Waals surface area contributed by atoms with Crippen LogP contribution >= 0.6 is 0 Å². The van der Waals surface area contributed by atoms with Crippen LogP contribution in [0.15, 0.2) is 18.2 Å². The number of amides is 1. The molecule has 1 aliphatic heterocycles. The first-order chi connectivity index (χ1) is 9.00. The highest BCUT2D eigenvalue weighted by Crippen LogP contribution is 2.23. The SMILES string of the molecule is Cc1c(N)cccc1NC(=O)C(C)N1CCCC1C. The van der Waals surface area contributed by atoms with Gasteiger partial charge in [-0.15, -0.1) is 0 Å². The predicted molar refractivity (Wildman–Crippen MR) is 79.1 cm³/mol. The lowest BCUT2D eigenvalue weighted by Crippen LogP contribution is -2.43. The summed E-state index contributed by atoms with van der Waals surface area (Å²) < 4.78 is 0. The molecule has 0 aliphatic carbocycles. The van der Waals surface area contributed by atoms with Crippen molar-refractivity contribution in [1.29, 1.82) is 0 Å². The van der Waals surface area contributed by atoms with E-state index in [1.165, 1.54) is 12.8 Å². The van der Waals surface area contributed by atoms with Crippen LogP contribution in [0.3, 0.4) is 0 Å². The largest absolute Gasteiger partial charge is 0.398 e. The lowest BCUT2D eigenvalue weighted by Gasteiger charge is -2.27. The lowest BCUT2D eigenvalue weighted by molar-refractivity contribution is -0.121. The number of nitrogens with two attached hydrogens (primary N) is 1. The van der Waals surface area contributed by atoms with E-state index in [9.17, 15) is 4.79 Å². The topological polar surface area (TPSA) is 58.4 Å². The third-order valence-electron chi connectivity index (χ3n) is 4.11. The molecule has 1 fully saturated rings. The van der Waals surface area contributed by atoms with Crippen LogP contribution in [-0.4, -0.2) is 29.4 Å². The second-order valence-corrected chi connectivity index (χ2v) is 5.41. The summed E-state index contributed by atoms with van der Waals surface area (Å²) in [5.74, 6) is 0.0439. The molecule has 3 N–H and O–H groups in total.